The second kappa shape index (κ2) is 8.33. The van der Waals surface area contributed by atoms with Gasteiger partial charge in [-0.05, 0) is 62.4 Å². The van der Waals surface area contributed by atoms with Crippen molar-refractivity contribution >= 4 is 37.5 Å². The van der Waals surface area contributed by atoms with Crippen LogP contribution in [-0.2, 0) is 10.0 Å². The van der Waals surface area contributed by atoms with Crippen LogP contribution in [0.4, 0.5) is 0 Å². The maximum Gasteiger partial charge on any atom is 0.254 e. The molecule has 1 unspecified atom stereocenters. The van der Waals surface area contributed by atoms with Crippen molar-refractivity contribution in [1.29, 1.82) is 0 Å². The molecule has 1 amide bonds. The molecule has 2 saturated heterocycles. The molecule has 3 aromatic rings. The second-order valence-electron chi connectivity index (χ2n) is 8.17. The molecule has 2 aliphatic heterocycles. The molecule has 0 N–H and O–H groups in total. The molecule has 5 rings (SSSR count). The zero-order valence-corrected chi connectivity index (χ0v) is 18.9. The molecule has 0 spiro atoms. The Morgan fingerprint density at radius 2 is 1.74 bits per heavy atom. The Morgan fingerprint density at radius 1 is 0.968 bits per heavy atom. The number of likely N-dealkylation sites (tertiary alicyclic amines) is 1. The number of nitrogens with zero attached hydrogens (tertiary/aromatic N) is 3. The van der Waals surface area contributed by atoms with Crippen LogP contribution in [0.15, 0.2) is 53.4 Å². The molecule has 1 atom stereocenters. The number of amides is 1. The van der Waals surface area contributed by atoms with E-state index in [4.69, 9.17) is 4.98 Å². The molecular formula is C23H25N3O3S2. The third-order valence-electron chi connectivity index (χ3n) is 6.14. The van der Waals surface area contributed by atoms with Gasteiger partial charge in [-0.25, -0.2) is 13.4 Å². The average molecular weight is 456 g/mol. The first-order chi connectivity index (χ1) is 15.0. The van der Waals surface area contributed by atoms with Crippen molar-refractivity contribution in [3.05, 3.63) is 59.1 Å². The number of aromatic nitrogens is 1. The number of fused-ring (bicyclic) bond motifs is 1. The van der Waals surface area contributed by atoms with Crippen molar-refractivity contribution in [1.82, 2.24) is 14.2 Å². The molecule has 0 saturated carbocycles. The number of benzene rings is 2. The van der Waals surface area contributed by atoms with Gasteiger partial charge in [0.05, 0.1) is 21.2 Å². The van der Waals surface area contributed by atoms with E-state index in [0.717, 1.165) is 47.3 Å². The number of rotatable bonds is 4. The van der Waals surface area contributed by atoms with E-state index in [1.165, 1.54) is 4.31 Å². The van der Waals surface area contributed by atoms with Crippen LogP contribution < -0.4 is 0 Å². The van der Waals surface area contributed by atoms with Gasteiger partial charge in [-0.2, -0.15) is 4.31 Å². The summed E-state index contributed by atoms with van der Waals surface area (Å²) in [6, 6.07) is 14.5. The molecule has 8 heteroatoms. The van der Waals surface area contributed by atoms with E-state index in [1.807, 2.05) is 23.1 Å². The van der Waals surface area contributed by atoms with Crippen molar-refractivity contribution in [3.8, 4) is 0 Å². The molecule has 2 fully saturated rings. The minimum atomic E-state index is -3.56. The lowest BCUT2D eigenvalue weighted by atomic mass is 10.0. The smallest absolute Gasteiger partial charge is 0.254 e. The summed E-state index contributed by atoms with van der Waals surface area (Å²) in [7, 11) is -3.56. The highest BCUT2D eigenvalue weighted by Crippen LogP contribution is 2.36. The van der Waals surface area contributed by atoms with E-state index < -0.39 is 10.0 Å². The van der Waals surface area contributed by atoms with E-state index in [1.54, 1.807) is 35.6 Å². The van der Waals surface area contributed by atoms with Crippen LogP contribution in [0.3, 0.4) is 0 Å². The predicted octanol–water partition coefficient (Wildman–Crippen LogP) is 4.45. The lowest BCUT2D eigenvalue weighted by Crippen LogP contribution is -2.38. The number of sulfonamides is 1. The van der Waals surface area contributed by atoms with Crippen LogP contribution >= 0.6 is 11.3 Å². The van der Waals surface area contributed by atoms with Crippen LogP contribution in [0.5, 0.6) is 0 Å². The average Bonchev–Trinajstić information content (AvgIpc) is 3.49. The van der Waals surface area contributed by atoms with Crippen LogP contribution in [0.1, 0.15) is 53.5 Å². The van der Waals surface area contributed by atoms with Crippen molar-refractivity contribution in [2.24, 2.45) is 0 Å². The van der Waals surface area contributed by atoms with E-state index >= 15 is 0 Å². The second-order valence-corrected chi connectivity index (χ2v) is 11.2. The van der Waals surface area contributed by atoms with Crippen molar-refractivity contribution in [2.45, 2.75) is 43.0 Å². The topological polar surface area (TPSA) is 70.6 Å². The van der Waals surface area contributed by atoms with E-state index in [-0.39, 0.29) is 16.8 Å². The molecule has 6 nitrogen and oxygen atoms in total. The number of carbonyl (C=O) groups is 1. The Bertz CT molecular complexity index is 1180. The first-order valence-corrected chi connectivity index (χ1v) is 13.1. The highest BCUT2D eigenvalue weighted by Gasteiger charge is 2.32. The molecule has 162 valence electrons. The molecule has 3 heterocycles. The third kappa shape index (κ3) is 3.88. The minimum Gasteiger partial charge on any atom is -0.329 e. The molecule has 31 heavy (non-hydrogen) atoms. The fourth-order valence-electron chi connectivity index (χ4n) is 4.50. The highest BCUT2D eigenvalue weighted by molar-refractivity contribution is 7.89. The summed E-state index contributed by atoms with van der Waals surface area (Å²) in [6.07, 6.45) is 4.63. The maximum atomic E-state index is 13.5. The van der Waals surface area contributed by atoms with E-state index in [9.17, 15) is 13.2 Å². The molecule has 0 bridgehead atoms. The van der Waals surface area contributed by atoms with Crippen LogP contribution in [0, 0.1) is 0 Å². The first-order valence-electron chi connectivity index (χ1n) is 10.8. The number of carbonyl (C=O) groups excluding carboxylic acids is 1. The molecule has 2 aliphatic rings. The number of piperidine rings is 1. The predicted molar refractivity (Wildman–Crippen MR) is 122 cm³/mol. The van der Waals surface area contributed by atoms with E-state index in [0.29, 0.717) is 25.2 Å². The normalized spacial score (nSPS) is 20.4. The summed E-state index contributed by atoms with van der Waals surface area (Å²) in [5, 5.41) is 0.954. The fraction of sp³-hybridized carbons (Fsp3) is 0.391. The minimum absolute atomic E-state index is 0.0718. The highest BCUT2D eigenvalue weighted by atomic mass is 32.2. The molecule has 1 aromatic heterocycles. The monoisotopic (exact) mass is 455 g/mol. The van der Waals surface area contributed by atoms with Gasteiger partial charge in [0.1, 0.15) is 5.01 Å². The molecular weight excluding hydrogens is 430 g/mol. The number of hydrogen-bond donors (Lipinski definition) is 0. The Balaban J connectivity index is 1.45. The molecule has 2 aromatic carbocycles. The summed E-state index contributed by atoms with van der Waals surface area (Å²) < 4.78 is 28.6. The lowest BCUT2D eigenvalue weighted by Gasteiger charge is -2.34. The summed E-state index contributed by atoms with van der Waals surface area (Å²) >= 11 is 1.64. The van der Waals surface area contributed by atoms with Gasteiger partial charge in [-0.3, -0.25) is 4.79 Å². The van der Waals surface area contributed by atoms with Gasteiger partial charge in [0.2, 0.25) is 10.0 Å². The van der Waals surface area contributed by atoms with Gasteiger partial charge in [0.15, 0.2) is 0 Å². The quantitative estimate of drug-likeness (QED) is 0.583. The Hall–Kier alpha value is -2.29. The Morgan fingerprint density at radius 3 is 2.55 bits per heavy atom. The van der Waals surface area contributed by atoms with Gasteiger partial charge >= 0.3 is 0 Å². The Labute approximate surface area is 186 Å². The van der Waals surface area contributed by atoms with Gasteiger partial charge in [-0.1, -0.05) is 18.2 Å². The molecule has 0 radical (unpaired) electrons. The van der Waals surface area contributed by atoms with Crippen LogP contribution in [0.25, 0.3) is 10.2 Å². The third-order valence-corrected chi connectivity index (χ3v) is 9.18. The first kappa shape index (κ1) is 20.6. The van der Waals surface area contributed by atoms with Gasteiger partial charge in [-0.15, -0.1) is 11.3 Å². The van der Waals surface area contributed by atoms with E-state index in [2.05, 4.69) is 6.07 Å². The van der Waals surface area contributed by atoms with Crippen LogP contribution in [-0.4, -0.2) is 48.1 Å². The van der Waals surface area contributed by atoms with Crippen molar-refractivity contribution < 1.29 is 13.2 Å². The van der Waals surface area contributed by atoms with Gasteiger partial charge in [0.25, 0.3) is 5.91 Å². The van der Waals surface area contributed by atoms with Crippen molar-refractivity contribution in [3.63, 3.8) is 0 Å². The SMILES string of the molecule is O=C(c1cccc(S(=O)(=O)N2CCCC2)c1)N1CCCCC1c1nc2ccccc2s1. The number of para-hydroxylation sites is 1. The fourth-order valence-corrected chi connectivity index (χ4v) is 7.18. The summed E-state index contributed by atoms with van der Waals surface area (Å²) in [5.41, 5.74) is 1.38. The zero-order chi connectivity index (χ0) is 21.4. The van der Waals surface area contributed by atoms with Crippen LogP contribution in [0.2, 0.25) is 0 Å². The lowest BCUT2D eigenvalue weighted by molar-refractivity contribution is 0.0611. The maximum absolute atomic E-state index is 13.5. The molecule has 0 aliphatic carbocycles. The number of thiazole rings is 1. The standard InChI is InChI=1S/C23H25N3O3S2/c27-23(17-8-7-9-18(16-17)31(28,29)25-13-5-6-14-25)26-15-4-3-11-20(26)22-24-19-10-1-2-12-21(19)30-22/h1-2,7-10,12,16,20H,3-6,11,13-15H2. The van der Waals surface area contributed by atoms with Gasteiger partial charge in [0, 0.05) is 25.2 Å². The zero-order valence-electron chi connectivity index (χ0n) is 17.2. The largest absolute Gasteiger partial charge is 0.329 e. The summed E-state index contributed by atoms with van der Waals surface area (Å²) in [6.45, 7) is 1.75. The van der Waals surface area contributed by atoms with Crippen molar-refractivity contribution in [2.75, 3.05) is 19.6 Å². The Kier molecular flexibility index (Phi) is 5.54. The summed E-state index contributed by atoms with van der Waals surface area (Å²) in [5.74, 6) is -0.123. The van der Waals surface area contributed by atoms with Gasteiger partial charge < -0.3 is 4.90 Å². The number of hydrogen-bond acceptors (Lipinski definition) is 5. The summed E-state index contributed by atoms with van der Waals surface area (Å²) in [4.78, 5) is 20.4.